The lowest BCUT2D eigenvalue weighted by molar-refractivity contribution is 0.466. The molecule has 0 aromatic heterocycles. The molecule has 0 aliphatic heterocycles. The first-order valence-electron chi connectivity index (χ1n) is 5.92. The molecule has 1 N–H and O–H groups in total. The molecule has 0 aliphatic rings. The van der Waals surface area contributed by atoms with Crippen molar-refractivity contribution in [1.82, 2.24) is 5.32 Å². The molecule has 1 unspecified atom stereocenters. The van der Waals surface area contributed by atoms with Gasteiger partial charge >= 0.3 is 0 Å². The van der Waals surface area contributed by atoms with E-state index in [9.17, 15) is 0 Å². The van der Waals surface area contributed by atoms with Crippen LogP contribution in [0.2, 0.25) is 0 Å². The molecule has 0 aliphatic carbocycles. The van der Waals surface area contributed by atoms with Gasteiger partial charge in [-0.3, -0.25) is 0 Å². The van der Waals surface area contributed by atoms with E-state index < -0.39 is 0 Å². The second kappa shape index (κ2) is 10.6. The normalized spacial score (nSPS) is 11.9. The van der Waals surface area contributed by atoms with E-state index in [1.165, 1.54) is 38.5 Å². The topological polar surface area (TPSA) is 12.0 Å². The Balaban J connectivity index is 3.41. The van der Waals surface area contributed by atoms with E-state index in [1.807, 2.05) is 6.92 Å². The average Bonchev–Trinajstić information content (AvgIpc) is 2.22. The third-order valence-electron chi connectivity index (χ3n) is 2.61. The van der Waals surface area contributed by atoms with Crippen molar-refractivity contribution in [2.24, 2.45) is 0 Å². The summed E-state index contributed by atoms with van der Waals surface area (Å²) < 4.78 is 0. The highest BCUT2D eigenvalue weighted by molar-refractivity contribution is 4.95. The monoisotopic (exact) mass is 195 g/mol. The predicted octanol–water partition coefficient (Wildman–Crippen LogP) is 3.35. The molecule has 0 bridgehead atoms. The second-order valence-corrected chi connectivity index (χ2v) is 3.80. The highest BCUT2D eigenvalue weighted by Crippen LogP contribution is 2.08. The van der Waals surface area contributed by atoms with Gasteiger partial charge in [0.05, 0.1) is 0 Å². The maximum atomic E-state index is 3.37. The van der Waals surface area contributed by atoms with E-state index in [0.29, 0.717) is 6.04 Å². The molecule has 1 heteroatoms. The summed E-state index contributed by atoms with van der Waals surface area (Å²) in [5, 5.41) is 3.37. The van der Waals surface area contributed by atoms with Gasteiger partial charge in [-0.1, -0.05) is 32.6 Å². The number of unbranched alkanes of at least 4 members (excludes halogenated alkanes) is 3. The Morgan fingerprint density at radius 3 is 2.50 bits per heavy atom. The van der Waals surface area contributed by atoms with Crippen LogP contribution in [-0.2, 0) is 0 Å². The van der Waals surface area contributed by atoms with Gasteiger partial charge in [0, 0.05) is 12.5 Å². The van der Waals surface area contributed by atoms with Gasteiger partial charge in [-0.2, -0.15) is 0 Å². The Hall–Kier alpha value is -0.480. The van der Waals surface area contributed by atoms with Gasteiger partial charge in [-0.25, -0.2) is 0 Å². The largest absolute Gasteiger partial charge is 0.317 e. The summed E-state index contributed by atoms with van der Waals surface area (Å²) in [5.74, 6) is 6.07. The molecule has 82 valence electrons. The standard InChI is InChI=1S/C13H25N/c1-4-6-8-10-12-13(14-3)11-9-7-5-2/h13-14H,4,6,8-12H2,1-3H3. The zero-order chi connectivity index (χ0) is 10.6. The van der Waals surface area contributed by atoms with Gasteiger partial charge in [-0.05, 0) is 26.8 Å². The van der Waals surface area contributed by atoms with Crippen LogP contribution in [0.5, 0.6) is 0 Å². The van der Waals surface area contributed by atoms with Crippen molar-refractivity contribution >= 4 is 0 Å². The third kappa shape index (κ3) is 8.13. The van der Waals surface area contributed by atoms with Gasteiger partial charge in [0.1, 0.15) is 0 Å². The zero-order valence-electron chi connectivity index (χ0n) is 10.0. The van der Waals surface area contributed by atoms with Crippen LogP contribution >= 0.6 is 0 Å². The molecule has 0 saturated heterocycles. The van der Waals surface area contributed by atoms with Gasteiger partial charge < -0.3 is 5.32 Å². The molecule has 0 heterocycles. The third-order valence-corrected chi connectivity index (χ3v) is 2.61. The average molecular weight is 195 g/mol. The SMILES string of the molecule is CC#CCCC(CCCCCC)NC. The minimum atomic E-state index is 0.674. The van der Waals surface area contributed by atoms with Crippen LogP contribution < -0.4 is 5.32 Å². The molecule has 0 radical (unpaired) electrons. The van der Waals surface area contributed by atoms with Gasteiger partial charge in [0.15, 0.2) is 0 Å². The number of hydrogen-bond donors (Lipinski definition) is 1. The molecule has 1 atom stereocenters. The summed E-state index contributed by atoms with van der Waals surface area (Å²) >= 11 is 0. The van der Waals surface area contributed by atoms with Crippen LogP contribution in [0.3, 0.4) is 0 Å². The first-order chi connectivity index (χ1) is 6.85. The Labute approximate surface area is 89.7 Å². The van der Waals surface area contributed by atoms with Crippen LogP contribution in [0.4, 0.5) is 0 Å². The Morgan fingerprint density at radius 1 is 1.14 bits per heavy atom. The van der Waals surface area contributed by atoms with Crippen molar-refractivity contribution in [3.8, 4) is 11.8 Å². The zero-order valence-corrected chi connectivity index (χ0v) is 10.0. The summed E-state index contributed by atoms with van der Waals surface area (Å²) in [4.78, 5) is 0. The number of rotatable bonds is 8. The minimum Gasteiger partial charge on any atom is -0.317 e. The lowest BCUT2D eigenvalue weighted by Gasteiger charge is -2.14. The lowest BCUT2D eigenvalue weighted by atomic mass is 10.0. The fraction of sp³-hybridized carbons (Fsp3) is 0.846. The first kappa shape index (κ1) is 13.5. The Morgan fingerprint density at radius 2 is 1.93 bits per heavy atom. The molecule has 1 nitrogen and oxygen atoms in total. The predicted molar refractivity (Wildman–Crippen MR) is 64.3 cm³/mol. The van der Waals surface area contributed by atoms with Crippen molar-refractivity contribution in [3.05, 3.63) is 0 Å². The van der Waals surface area contributed by atoms with E-state index in [1.54, 1.807) is 0 Å². The van der Waals surface area contributed by atoms with Gasteiger partial charge in [0.25, 0.3) is 0 Å². The minimum absolute atomic E-state index is 0.674. The summed E-state index contributed by atoms with van der Waals surface area (Å²) in [5.41, 5.74) is 0. The summed E-state index contributed by atoms with van der Waals surface area (Å²) in [6, 6.07) is 0.674. The molecule has 14 heavy (non-hydrogen) atoms. The first-order valence-corrected chi connectivity index (χ1v) is 5.92. The highest BCUT2D eigenvalue weighted by atomic mass is 14.9. The van der Waals surface area contributed by atoms with E-state index >= 15 is 0 Å². The van der Waals surface area contributed by atoms with Crippen molar-refractivity contribution in [2.45, 2.75) is 64.8 Å². The van der Waals surface area contributed by atoms with Crippen LogP contribution in [-0.4, -0.2) is 13.1 Å². The van der Waals surface area contributed by atoms with Crippen LogP contribution in [0, 0.1) is 11.8 Å². The smallest absolute Gasteiger partial charge is 0.0103 e. The Kier molecular flexibility index (Phi) is 10.2. The number of nitrogens with one attached hydrogen (secondary N) is 1. The van der Waals surface area contributed by atoms with Crippen molar-refractivity contribution in [3.63, 3.8) is 0 Å². The van der Waals surface area contributed by atoms with Crippen LogP contribution in [0.15, 0.2) is 0 Å². The molecule has 0 spiro atoms. The van der Waals surface area contributed by atoms with E-state index in [-0.39, 0.29) is 0 Å². The lowest BCUT2D eigenvalue weighted by Crippen LogP contribution is -2.24. The quantitative estimate of drug-likeness (QED) is 0.462. The van der Waals surface area contributed by atoms with E-state index in [0.717, 1.165) is 6.42 Å². The molecule has 0 fully saturated rings. The van der Waals surface area contributed by atoms with Crippen LogP contribution in [0.1, 0.15) is 58.8 Å². The summed E-state index contributed by atoms with van der Waals surface area (Å²) in [6.45, 7) is 4.17. The molecule has 0 saturated carbocycles. The van der Waals surface area contributed by atoms with Gasteiger partial charge in [0.2, 0.25) is 0 Å². The van der Waals surface area contributed by atoms with E-state index in [4.69, 9.17) is 0 Å². The molecular weight excluding hydrogens is 170 g/mol. The van der Waals surface area contributed by atoms with Gasteiger partial charge in [-0.15, -0.1) is 11.8 Å². The Bertz CT molecular complexity index is 164. The van der Waals surface area contributed by atoms with Crippen molar-refractivity contribution < 1.29 is 0 Å². The fourth-order valence-corrected chi connectivity index (χ4v) is 1.62. The van der Waals surface area contributed by atoms with Crippen molar-refractivity contribution in [2.75, 3.05) is 7.05 Å². The number of hydrogen-bond acceptors (Lipinski definition) is 1. The summed E-state index contributed by atoms with van der Waals surface area (Å²) in [6.07, 6.45) is 8.99. The fourth-order valence-electron chi connectivity index (χ4n) is 1.62. The molecule has 0 rings (SSSR count). The molecule has 0 aromatic rings. The molecular formula is C13H25N. The molecule has 0 amide bonds. The summed E-state index contributed by atoms with van der Waals surface area (Å²) in [7, 11) is 2.06. The maximum Gasteiger partial charge on any atom is 0.0103 e. The van der Waals surface area contributed by atoms with E-state index in [2.05, 4.69) is 31.1 Å². The highest BCUT2D eigenvalue weighted by Gasteiger charge is 2.03. The second-order valence-electron chi connectivity index (χ2n) is 3.80. The maximum absolute atomic E-state index is 3.37. The van der Waals surface area contributed by atoms with Crippen LogP contribution in [0.25, 0.3) is 0 Å². The van der Waals surface area contributed by atoms with Crippen molar-refractivity contribution in [1.29, 1.82) is 0 Å². The molecule has 0 aromatic carbocycles.